The van der Waals surface area contributed by atoms with Crippen LogP contribution in [0.5, 0.6) is 5.75 Å². The first kappa shape index (κ1) is 26.1. The number of phenolic OH excluding ortho intramolecular Hbond substituents is 1. The SMILES string of the molecule is Cc1nc2ccccn2c1/C(O)=C1\C(=O)C(=O)N(c2nnc(SCc3ccc(Cl)cc3)s2)C1c1ccc(O)cc1. The molecule has 2 aromatic carbocycles. The highest BCUT2D eigenvalue weighted by Crippen LogP contribution is 2.44. The van der Waals surface area contributed by atoms with Gasteiger partial charge in [-0.15, -0.1) is 10.2 Å². The molecule has 12 heteroatoms. The van der Waals surface area contributed by atoms with Gasteiger partial charge in [0.05, 0.1) is 17.3 Å². The van der Waals surface area contributed by atoms with Crippen LogP contribution in [0.25, 0.3) is 11.4 Å². The number of phenols is 1. The Morgan fingerprint density at radius 1 is 1.05 bits per heavy atom. The van der Waals surface area contributed by atoms with Crippen molar-refractivity contribution in [1.82, 2.24) is 19.6 Å². The van der Waals surface area contributed by atoms with Crippen LogP contribution in [-0.2, 0) is 15.3 Å². The summed E-state index contributed by atoms with van der Waals surface area (Å²) in [6, 6.07) is 18.0. The topological polar surface area (TPSA) is 121 Å². The Kier molecular flexibility index (Phi) is 6.78. The molecule has 0 radical (unpaired) electrons. The van der Waals surface area contributed by atoms with E-state index in [1.807, 2.05) is 30.3 Å². The van der Waals surface area contributed by atoms with Gasteiger partial charge in [0.2, 0.25) is 5.13 Å². The standard InChI is InChI=1S/C28H20ClN5O4S2/c1-15-22(33-13-3-2-4-20(33)30-15)24(36)21-23(17-7-11-19(35)12-8-17)34(26(38)25(21)37)27-31-32-28(40-27)39-14-16-5-9-18(29)10-6-16/h2-13,23,35-36H,14H2,1H3/b24-21+. The Morgan fingerprint density at radius 2 is 1.80 bits per heavy atom. The van der Waals surface area contributed by atoms with E-state index in [1.54, 1.807) is 41.8 Å². The van der Waals surface area contributed by atoms with Gasteiger partial charge in [-0.1, -0.05) is 65.0 Å². The third-order valence-electron chi connectivity index (χ3n) is 6.46. The van der Waals surface area contributed by atoms with Crippen LogP contribution in [0.3, 0.4) is 0 Å². The lowest BCUT2D eigenvalue weighted by Gasteiger charge is -2.22. The smallest absolute Gasteiger partial charge is 0.301 e. The molecule has 1 amide bonds. The second-order valence-corrected chi connectivity index (χ2v) is 11.6. The van der Waals surface area contributed by atoms with Gasteiger partial charge in [-0.05, 0) is 54.4 Å². The maximum atomic E-state index is 13.5. The molecule has 0 bridgehead atoms. The Hall–Kier alpha value is -4.19. The average molecular weight is 590 g/mol. The fraction of sp³-hybridized carbons (Fsp3) is 0.107. The number of benzene rings is 2. The van der Waals surface area contributed by atoms with Gasteiger partial charge in [-0.2, -0.15) is 0 Å². The third kappa shape index (κ3) is 4.61. The van der Waals surface area contributed by atoms with E-state index in [4.69, 9.17) is 11.6 Å². The third-order valence-corrected chi connectivity index (χ3v) is 8.84. The second kappa shape index (κ2) is 10.4. The number of hydrogen-bond acceptors (Lipinski definition) is 9. The monoisotopic (exact) mass is 589 g/mol. The number of aliphatic hydroxyl groups is 1. The number of aliphatic hydroxyl groups excluding tert-OH is 1. The molecule has 2 N–H and O–H groups in total. The van der Waals surface area contributed by atoms with Crippen molar-refractivity contribution in [1.29, 1.82) is 0 Å². The number of Topliss-reactive ketones (excluding diaryl/α,β-unsaturated/α-hetero) is 1. The predicted molar refractivity (Wildman–Crippen MR) is 154 cm³/mol. The summed E-state index contributed by atoms with van der Waals surface area (Å²) in [7, 11) is 0. The Balaban J connectivity index is 1.43. The molecule has 1 atom stereocenters. The number of halogens is 1. The van der Waals surface area contributed by atoms with E-state index in [9.17, 15) is 19.8 Å². The van der Waals surface area contributed by atoms with Crippen molar-refractivity contribution in [3.05, 3.63) is 106 Å². The van der Waals surface area contributed by atoms with E-state index in [-0.39, 0.29) is 22.2 Å². The van der Waals surface area contributed by atoms with E-state index in [1.165, 1.54) is 40.1 Å². The van der Waals surface area contributed by atoms with E-state index < -0.39 is 17.7 Å². The van der Waals surface area contributed by atoms with Crippen molar-refractivity contribution in [2.75, 3.05) is 4.90 Å². The van der Waals surface area contributed by atoms with E-state index in [0.29, 0.717) is 37.7 Å². The Labute approximate surface area is 241 Å². The number of imidazole rings is 1. The number of pyridine rings is 1. The van der Waals surface area contributed by atoms with Crippen molar-refractivity contribution < 1.29 is 19.8 Å². The number of aromatic hydroxyl groups is 1. The van der Waals surface area contributed by atoms with Gasteiger partial charge >= 0.3 is 5.91 Å². The molecule has 200 valence electrons. The molecule has 0 aliphatic carbocycles. The minimum Gasteiger partial charge on any atom is -0.508 e. The van der Waals surface area contributed by atoms with E-state index >= 15 is 0 Å². The zero-order chi connectivity index (χ0) is 28.0. The van der Waals surface area contributed by atoms with Gasteiger partial charge in [0.25, 0.3) is 5.78 Å². The molecule has 9 nitrogen and oxygen atoms in total. The highest BCUT2D eigenvalue weighted by Gasteiger charge is 2.48. The molecule has 1 saturated heterocycles. The van der Waals surface area contributed by atoms with Gasteiger partial charge in [0, 0.05) is 17.0 Å². The number of amides is 1. The molecule has 1 fully saturated rings. The maximum Gasteiger partial charge on any atom is 0.301 e. The van der Waals surface area contributed by atoms with Crippen molar-refractivity contribution in [2.45, 2.75) is 23.1 Å². The molecule has 4 heterocycles. The van der Waals surface area contributed by atoms with Gasteiger partial charge < -0.3 is 10.2 Å². The van der Waals surface area contributed by atoms with Crippen molar-refractivity contribution in [2.24, 2.45) is 0 Å². The fourth-order valence-electron chi connectivity index (χ4n) is 4.61. The molecule has 0 spiro atoms. The molecule has 6 rings (SSSR count). The van der Waals surface area contributed by atoms with Gasteiger partial charge in [0.1, 0.15) is 17.1 Å². The molecule has 1 aliphatic heterocycles. The number of nitrogens with zero attached hydrogens (tertiary/aromatic N) is 5. The van der Waals surface area contributed by atoms with Crippen LogP contribution in [0.4, 0.5) is 5.13 Å². The van der Waals surface area contributed by atoms with Crippen molar-refractivity contribution in [3.8, 4) is 5.75 Å². The van der Waals surface area contributed by atoms with Crippen LogP contribution in [0.1, 0.15) is 28.6 Å². The molecule has 0 saturated carbocycles. The summed E-state index contributed by atoms with van der Waals surface area (Å²) in [5.41, 5.74) is 2.85. The van der Waals surface area contributed by atoms with Gasteiger partial charge in [-0.3, -0.25) is 18.9 Å². The molecule has 1 unspecified atom stereocenters. The van der Waals surface area contributed by atoms with Crippen LogP contribution in [0.2, 0.25) is 5.02 Å². The number of carbonyl (C=O) groups is 2. The first-order chi connectivity index (χ1) is 19.3. The number of aromatic nitrogens is 4. The Morgan fingerprint density at radius 3 is 2.55 bits per heavy atom. The van der Waals surface area contributed by atoms with Crippen LogP contribution in [0, 0.1) is 6.92 Å². The highest BCUT2D eigenvalue weighted by atomic mass is 35.5. The molecule has 5 aromatic rings. The molecular weight excluding hydrogens is 570 g/mol. The summed E-state index contributed by atoms with van der Waals surface area (Å²) < 4.78 is 2.27. The predicted octanol–water partition coefficient (Wildman–Crippen LogP) is 5.77. The van der Waals surface area contributed by atoms with Crippen LogP contribution in [-0.4, -0.2) is 41.5 Å². The molecule has 3 aromatic heterocycles. The normalized spacial score (nSPS) is 16.8. The number of anilines is 1. The lowest BCUT2D eigenvalue weighted by Crippen LogP contribution is -2.29. The Bertz CT molecular complexity index is 1800. The van der Waals surface area contributed by atoms with Crippen molar-refractivity contribution >= 4 is 62.9 Å². The maximum absolute atomic E-state index is 13.5. The summed E-state index contributed by atoms with van der Waals surface area (Å²) in [4.78, 5) is 32.7. The van der Waals surface area contributed by atoms with Crippen LogP contribution >= 0.6 is 34.7 Å². The number of rotatable bonds is 6. The molecular formula is C28H20ClN5O4S2. The molecule has 40 heavy (non-hydrogen) atoms. The lowest BCUT2D eigenvalue weighted by molar-refractivity contribution is -0.132. The summed E-state index contributed by atoms with van der Waals surface area (Å²) in [6.07, 6.45) is 1.73. The first-order valence-corrected chi connectivity index (χ1v) is 14.2. The number of hydrogen-bond donors (Lipinski definition) is 2. The first-order valence-electron chi connectivity index (χ1n) is 12.1. The summed E-state index contributed by atoms with van der Waals surface area (Å²) >= 11 is 8.59. The fourth-order valence-corrected chi connectivity index (χ4v) is 6.56. The van der Waals surface area contributed by atoms with Gasteiger partial charge in [0.15, 0.2) is 10.1 Å². The quantitative estimate of drug-likeness (QED) is 0.0841. The van der Waals surface area contributed by atoms with Crippen LogP contribution < -0.4 is 4.90 Å². The van der Waals surface area contributed by atoms with Gasteiger partial charge in [-0.25, -0.2) is 4.98 Å². The van der Waals surface area contributed by atoms with E-state index in [2.05, 4.69) is 15.2 Å². The minimum absolute atomic E-state index is 0.0233. The number of thioether (sulfide) groups is 1. The summed E-state index contributed by atoms with van der Waals surface area (Å²) in [6.45, 7) is 1.72. The summed E-state index contributed by atoms with van der Waals surface area (Å²) in [5.74, 6) is -1.41. The number of aryl methyl sites for hydroxylation is 1. The summed E-state index contributed by atoms with van der Waals surface area (Å²) in [5, 5.41) is 30.8. The van der Waals surface area contributed by atoms with Crippen molar-refractivity contribution in [3.63, 3.8) is 0 Å². The number of fused-ring (bicyclic) bond motifs is 1. The average Bonchev–Trinajstić information content (AvgIpc) is 3.62. The largest absolute Gasteiger partial charge is 0.508 e. The second-order valence-electron chi connectivity index (χ2n) is 9.00. The number of ketones is 1. The number of carbonyl (C=O) groups excluding carboxylic acids is 2. The molecule has 1 aliphatic rings. The minimum atomic E-state index is -1.00. The zero-order valence-corrected chi connectivity index (χ0v) is 23.2. The van der Waals surface area contributed by atoms with E-state index in [0.717, 1.165) is 5.56 Å². The highest BCUT2D eigenvalue weighted by molar-refractivity contribution is 8.00. The van der Waals surface area contributed by atoms with Crippen LogP contribution in [0.15, 0.2) is 82.8 Å². The lowest BCUT2D eigenvalue weighted by atomic mass is 9.96. The zero-order valence-electron chi connectivity index (χ0n) is 20.9.